The molecular weight excluding hydrogens is 449 g/mol. The summed E-state index contributed by atoms with van der Waals surface area (Å²) in [5.41, 5.74) is 1.54. The minimum Gasteiger partial charge on any atom is -0.384 e. The number of para-hydroxylation sites is 1. The topological polar surface area (TPSA) is 32.3 Å². The van der Waals surface area contributed by atoms with Crippen molar-refractivity contribution in [3.8, 4) is 0 Å². The van der Waals surface area contributed by atoms with E-state index in [0.717, 1.165) is 36.2 Å². The highest BCUT2D eigenvalue weighted by atomic mass is 35.5. The van der Waals surface area contributed by atoms with Gasteiger partial charge in [0.15, 0.2) is 0 Å². The molecule has 0 aliphatic carbocycles. The Hall–Kier alpha value is -2.99. The number of nitrogens with zero attached hydrogens (tertiary/aromatic N) is 1. The highest BCUT2D eigenvalue weighted by Gasteiger charge is 2.36. The maximum absolute atomic E-state index is 13.8. The van der Waals surface area contributed by atoms with Crippen molar-refractivity contribution >= 4 is 23.2 Å². The molecule has 2 atom stereocenters. The number of likely N-dealkylation sites (tertiary alicyclic amines) is 1. The highest BCUT2D eigenvalue weighted by molar-refractivity contribution is 6.31. The highest BCUT2D eigenvalue weighted by Crippen LogP contribution is 2.38. The summed E-state index contributed by atoms with van der Waals surface area (Å²) in [5.74, 6) is -0.767. The normalized spacial score (nSPS) is 17.1. The molecule has 3 aromatic rings. The van der Waals surface area contributed by atoms with Crippen LogP contribution in [0.2, 0.25) is 5.02 Å². The SMILES string of the molecule is O=C(C(CNc1ccccc1)c1ccc(C(F)(F)F)cc1)N1CCCC1c1ccccc1Cl. The summed E-state index contributed by atoms with van der Waals surface area (Å²) in [6.45, 7) is 0.844. The van der Waals surface area contributed by atoms with E-state index >= 15 is 0 Å². The number of hydrogen-bond acceptors (Lipinski definition) is 2. The number of alkyl halides is 3. The Morgan fingerprint density at radius 3 is 2.33 bits per heavy atom. The predicted octanol–water partition coefficient (Wildman–Crippen LogP) is 6.92. The van der Waals surface area contributed by atoms with Crippen LogP contribution in [-0.2, 0) is 11.0 Å². The van der Waals surface area contributed by atoms with E-state index in [9.17, 15) is 18.0 Å². The van der Waals surface area contributed by atoms with Gasteiger partial charge < -0.3 is 10.2 Å². The molecule has 172 valence electrons. The van der Waals surface area contributed by atoms with Gasteiger partial charge in [-0.3, -0.25) is 4.79 Å². The molecule has 1 heterocycles. The van der Waals surface area contributed by atoms with Crippen molar-refractivity contribution in [2.24, 2.45) is 0 Å². The van der Waals surface area contributed by atoms with Crippen molar-refractivity contribution in [2.75, 3.05) is 18.4 Å². The number of carbonyl (C=O) groups excluding carboxylic acids is 1. The third-order valence-electron chi connectivity index (χ3n) is 6.02. The molecule has 0 bridgehead atoms. The zero-order valence-corrected chi connectivity index (χ0v) is 18.6. The zero-order chi connectivity index (χ0) is 23.4. The lowest BCUT2D eigenvalue weighted by Gasteiger charge is -2.30. The molecule has 4 rings (SSSR count). The van der Waals surface area contributed by atoms with E-state index in [1.54, 1.807) is 0 Å². The first-order chi connectivity index (χ1) is 15.8. The van der Waals surface area contributed by atoms with Crippen LogP contribution < -0.4 is 5.32 Å². The van der Waals surface area contributed by atoms with Gasteiger partial charge >= 0.3 is 6.18 Å². The number of carbonyl (C=O) groups is 1. The smallest absolute Gasteiger partial charge is 0.384 e. The Kier molecular flexibility index (Phi) is 6.94. The summed E-state index contributed by atoms with van der Waals surface area (Å²) in [5, 5.41) is 3.87. The molecule has 1 N–H and O–H groups in total. The molecule has 1 aliphatic heterocycles. The van der Waals surface area contributed by atoms with E-state index in [2.05, 4.69) is 5.32 Å². The van der Waals surface area contributed by atoms with Gasteiger partial charge in [0.05, 0.1) is 17.5 Å². The molecule has 0 saturated carbocycles. The Morgan fingerprint density at radius 2 is 1.67 bits per heavy atom. The minimum absolute atomic E-state index is 0.124. The van der Waals surface area contributed by atoms with Gasteiger partial charge in [0.1, 0.15) is 0 Å². The first kappa shape index (κ1) is 23.2. The monoisotopic (exact) mass is 472 g/mol. The fraction of sp³-hybridized carbons (Fsp3) is 0.269. The number of halogens is 4. The number of rotatable bonds is 6. The zero-order valence-electron chi connectivity index (χ0n) is 17.9. The molecule has 1 fully saturated rings. The molecule has 0 radical (unpaired) electrons. The van der Waals surface area contributed by atoms with Crippen LogP contribution in [0.15, 0.2) is 78.9 Å². The number of amides is 1. The van der Waals surface area contributed by atoms with Gasteiger partial charge in [-0.2, -0.15) is 13.2 Å². The second-order valence-corrected chi connectivity index (χ2v) is 8.54. The second kappa shape index (κ2) is 9.87. The van der Waals surface area contributed by atoms with Crippen LogP contribution in [0.4, 0.5) is 18.9 Å². The van der Waals surface area contributed by atoms with E-state index in [0.29, 0.717) is 17.1 Å². The van der Waals surface area contributed by atoms with Crippen LogP contribution in [0, 0.1) is 0 Å². The summed E-state index contributed by atoms with van der Waals surface area (Å²) < 4.78 is 39.2. The molecule has 1 amide bonds. The van der Waals surface area contributed by atoms with Crippen molar-refractivity contribution in [1.29, 1.82) is 0 Å². The summed E-state index contributed by atoms with van der Waals surface area (Å²) in [6, 6.07) is 21.6. The Labute approximate surface area is 196 Å². The Balaban J connectivity index is 1.63. The van der Waals surface area contributed by atoms with Gasteiger partial charge in [-0.15, -0.1) is 0 Å². The fourth-order valence-corrected chi connectivity index (χ4v) is 4.59. The van der Waals surface area contributed by atoms with Crippen molar-refractivity contribution in [3.63, 3.8) is 0 Å². The summed E-state index contributed by atoms with van der Waals surface area (Å²) in [4.78, 5) is 15.6. The molecule has 1 saturated heterocycles. The number of anilines is 1. The number of benzene rings is 3. The summed E-state index contributed by atoms with van der Waals surface area (Å²) in [7, 11) is 0. The van der Waals surface area contributed by atoms with Crippen molar-refractivity contribution in [3.05, 3.63) is 101 Å². The van der Waals surface area contributed by atoms with Gasteiger partial charge in [-0.05, 0) is 54.3 Å². The van der Waals surface area contributed by atoms with E-state index in [4.69, 9.17) is 11.6 Å². The maximum Gasteiger partial charge on any atom is 0.416 e. The summed E-state index contributed by atoms with van der Waals surface area (Å²) in [6.07, 6.45) is -2.79. The lowest BCUT2D eigenvalue weighted by Crippen LogP contribution is -2.37. The van der Waals surface area contributed by atoms with Crippen molar-refractivity contribution in [2.45, 2.75) is 31.0 Å². The molecule has 1 aliphatic rings. The van der Waals surface area contributed by atoms with Crippen LogP contribution in [0.3, 0.4) is 0 Å². The molecule has 33 heavy (non-hydrogen) atoms. The van der Waals surface area contributed by atoms with Gasteiger partial charge in [-0.25, -0.2) is 0 Å². The first-order valence-corrected chi connectivity index (χ1v) is 11.2. The molecule has 0 aromatic heterocycles. The minimum atomic E-state index is -4.43. The van der Waals surface area contributed by atoms with Gasteiger partial charge in [0, 0.05) is 23.8 Å². The average Bonchev–Trinajstić information content (AvgIpc) is 3.29. The quantitative estimate of drug-likeness (QED) is 0.422. The van der Waals surface area contributed by atoms with Crippen LogP contribution in [0.25, 0.3) is 0 Å². The van der Waals surface area contributed by atoms with E-state index < -0.39 is 17.7 Å². The van der Waals surface area contributed by atoms with Crippen molar-refractivity contribution < 1.29 is 18.0 Å². The first-order valence-electron chi connectivity index (χ1n) is 10.9. The molecular formula is C26H24ClF3N2O. The third kappa shape index (κ3) is 5.33. The Bertz CT molecular complexity index is 1090. The van der Waals surface area contributed by atoms with E-state index in [-0.39, 0.29) is 18.5 Å². The number of nitrogens with one attached hydrogen (secondary N) is 1. The maximum atomic E-state index is 13.8. The van der Waals surface area contributed by atoms with Crippen LogP contribution in [0.1, 0.15) is 41.5 Å². The molecule has 3 nitrogen and oxygen atoms in total. The van der Waals surface area contributed by atoms with Gasteiger partial charge in [0.2, 0.25) is 5.91 Å². The lowest BCUT2D eigenvalue weighted by molar-refractivity contribution is -0.137. The van der Waals surface area contributed by atoms with Crippen LogP contribution in [0.5, 0.6) is 0 Å². The fourth-order valence-electron chi connectivity index (χ4n) is 4.33. The third-order valence-corrected chi connectivity index (χ3v) is 6.37. The molecule has 0 spiro atoms. The van der Waals surface area contributed by atoms with Crippen LogP contribution in [-0.4, -0.2) is 23.9 Å². The second-order valence-electron chi connectivity index (χ2n) is 8.13. The average molecular weight is 473 g/mol. The van der Waals surface area contributed by atoms with Crippen molar-refractivity contribution in [1.82, 2.24) is 4.90 Å². The predicted molar refractivity (Wildman–Crippen MR) is 124 cm³/mol. The summed E-state index contributed by atoms with van der Waals surface area (Å²) >= 11 is 6.42. The standard InChI is InChI=1S/C26H24ClF3N2O/c27-23-10-5-4-9-21(23)24-11-6-16-32(24)25(33)22(17-31-20-7-2-1-3-8-20)18-12-14-19(15-13-18)26(28,29)30/h1-5,7-10,12-15,22,24,31H,6,11,16-17H2. The van der Waals surface area contributed by atoms with E-state index in [1.165, 1.54) is 12.1 Å². The molecule has 3 aromatic carbocycles. The van der Waals surface area contributed by atoms with Crippen LogP contribution >= 0.6 is 11.6 Å². The van der Waals surface area contributed by atoms with Gasteiger partial charge in [-0.1, -0.05) is 60.1 Å². The molecule has 2 unspecified atom stereocenters. The van der Waals surface area contributed by atoms with E-state index in [1.807, 2.05) is 59.5 Å². The molecule has 7 heteroatoms. The largest absolute Gasteiger partial charge is 0.416 e. The van der Waals surface area contributed by atoms with Gasteiger partial charge in [0.25, 0.3) is 0 Å². The Morgan fingerprint density at radius 1 is 1.00 bits per heavy atom. The number of hydrogen-bond donors (Lipinski definition) is 1. The lowest BCUT2D eigenvalue weighted by atomic mass is 9.95.